The molecule has 0 saturated heterocycles. The fourth-order valence-corrected chi connectivity index (χ4v) is 2.55. The molecule has 0 spiro atoms. The molecule has 1 N–H and O–H groups in total. The molecule has 0 amide bonds. The van der Waals surface area contributed by atoms with E-state index in [4.69, 9.17) is 4.74 Å². The average molecular weight is 255 g/mol. The molecule has 0 unspecified atom stereocenters. The summed E-state index contributed by atoms with van der Waals surface area (Å²) in [5.41, 5.74) is 1.90. The van der Waals surface area contributed by atoms with Crippen molar-refractivity contribution in [1.82, 2.24) is 9.97 Å². The molecule has 2 rings (SSSR count). The Bertz CT molecular complexity index is 452. The Morgan fingerprint density at radius 3 is 2.69 bits per heavy atom. The van der Waals surface area contributed by atoms with Crippen molar-refractivity contribution >= 4 is 27.8 Å². The van der Waals surface area contributed by atoms with E-state index in [1.165, 1.54) is 0 Å². The first-order valence-corrected chi connectivity index (χ1v) is 6.66. The molecule has 2 heterocycles. The summed E-state index contributed by atoms with van der Waals surface area (Å²) >= 11 is 3.23. The number of aryl methyl sites for hydroxylation is 1. The van der Waals surface area contributed by atoms with Gasteiger partial charge in [0.25, 0.3) is 0 Å². The minimum absolute atomic E-state index is 0.685. The highest BCUT2D eigenvalue weighted by Gasteiger charge is 2.06. The Morgan fingerprint density at radius 1 is 1.25 bits per heavy atom. The zero-order chi connectivity index (χ0) is 11.4. The van der Waals surface area contributed by atoms with Crippen molar-refractivity contribution in [2.24, 2.45) is 0 Å². The second kappa shape index (κ2) is 5.38. The molecule has 86 valence electrons. The van der Waals surface area contributed by atoms with Gasteiger partial charge < -0.3 is 10.1 Å². The summed E-state index contributed by atoms with van der Waals surface area (Å²) in [4.78, 5) is 8.86. The van der Waals surface area contributed by atoms with E-state index in [2.05, 4.69) is 15.3 Å². The Morgan fingerprint density at radius 2 is 2.00 bits per heavy atom. The number of anilines is 1. The summed E-state index contributed by atoms with van der Waals surface area (Å²) in [6.45, 7) is 3.46. The van der Waals surface area contributed by atoms with Crippen LogP contribution in [0, 0.1) is 6.92 Å². The number of thiazole rings is 2. The lowest BCUT2D eigenvalue weighted by Gasteiger charge is -1.99. The second-order valence-corrected chi connectivity index (χ2v) is 5.13. The molecule has 2 aromatic rings. The molecule has 0 radical (unpaired) electrons. The highest BCUT2D eigenvalue weighted by molar-refractivity contribution is 7.14. The first-order valence-electron chi connectivity index (χ1n) is 4.90. The number of nitrogens with zero attached hydrogens (tertiary/aromatic N) is 2. The van der Waals surface area contributed by atoms with Crippen molar-refractivity contribution in [1.29, 1.82) is 0 Å². The lowest BCUT2D eigenvalue weighted by Crippen LogP contribution is -2.06. The van der Waals surface area contributed by atoms with Crippen LogP contribution in [0.4, 0.5) is 5.13 Å². The van der Waals surface area contributed by atoms with Crippen molar-refractivity contribution in [2.45, 2.75) is 6.92 Å². The van der Waals surface area contributed by atoms with Gasteiger partial charge in [0.2, 0.25) is 0 Å². The number of ether oxygens (including phenoxy) is 1. The maximum atomic E-state index is 4.96. The minimum atomic E-state index is 0.685. The van der Waals surface area contributed by atoms with Crippen LogP contribution in [-0.2, 0) is 4.74 Å². The zero-order valence-corrected chi connectivity index (χ0v) is 10.8. The van der Waals surface area contributed by atoms with Gasteiger partial charge in [0.15, 0.2) is 5.13 Å². The van der Waals surface area contributed by atoms with Crippen LogP contribution in [0.5, 0.6) is 0 Å². The Labute approximate surface area is 102 Å². The van der Waals surface area contributed by atoms with Gasteiger partial charge >= 0.3 is 0 Å². The molecular weight excluding hydrogens is 242 g/mol. The summed E-state index contributed by atoms with van der Waals surface area (Å²) in [5, 5.41) is 9.23. The van der Waals surface area contributed by atoms with Crippen LogP contribution in [0.1, 0.15) is 5.01 Å². The van der Waals surface area contributed by atoms with Crippen LogP contribution in [0.3, 0.4) is 0 Å². The summed E-state index contributed by atoms with van der Waals surface area (Å²) < 4.78 is 4.96. The van der Waals surface area contributed by atoms with Crippen LogP contribution in [0.25, 0.3) is 11.4 Å². The minimum Gasteiger partial charge on any atom is -0.383 e. The summed E-state index contributed by atoms with van der Waals surface area (Å²) in [7, 11) is 1.69. The van der Waals surface area contributed by atoms with Crippen molar-refractivity contribution in [3.8, 4) is 11.4 Å². The van der Waals surface area contributed by atoms with Gasteiger partial charge in [0.05, 0.1) is 11.6 Å². The maximum absolute atomic E-state index is 4.96. The smallest absolute Gasteiger partial charge is 0.183 e. The quantitative estimate of drug-likeness (QED) is 0.834. The van der Waals surface area contributed by atoms with Gasteiger partial charge in [-0.15, -0.1) is 22.7 Å². The molecular formula is C10H13N3OS2. The summed E-state index contributed by atoms with van der Waals surface area (Å²) in [5.74, 6) is 0. The van der Waals surface area contributed by atoms with Crippen molar-refractivity contribution < 1.29 is 4.74 Å². The molecule has 0 aromatic carbocycles. The summed E-state index contributed by atoms with van der Waals surface area (Å²) in [6, 6.07) is 0. The molecule has 0 saturated carbocycles. The fraction of sp³-hybridized carbons (Fsp3) is 0.400. The van der Waals surface area contributed by atoms with E-state index in [1.807, 2.05) is 17.7 Å². The third kappa shape index (κ3) is 2.78. The number of hydrogen-bond acceptors (Lipinski definition) is 6. The van der Waals surface area contributed by atoms with Gasteiger partial charge in [-0.2, -0.15) is 0 Å². The largest absolute Gasteiger partial charge is 0.383 e. The topological polar surface area (TPSA) is 47.0 Å². The molecule has 0 aliphatic heterocycles. The number of nitrogens with one attached hydrogen (secondary N) is 1. The highest BCUT2D eigenvalue weighted by Crippen LogP contribution is 2.25. The molecule has 16 heavy (non-hydrogen) atoms. The first-order chi connectivity index (χ1) is 7.79. The molecule has 0 atom stereocenters. The van der Waals surface area contributed by atoms with Crippen LogP contribution >= 0.6 is 22.7 Å². The number of aromatic nitrogens is 2. The van der Waals surface area contributed by atoms with Gasteiger partial charge in [0, 0.05) is 24.4 Å². The Hall–Kier alpha value is -0.980. The molecule has 4 nitrogen and oxygen atoms in total. The first kappa shape index (κ1) is 11.5. The molecule has 0 bridgehead atoms. The predicted molar refractivity (Wildman–Crippen MR) is 68.3 cm³/mol. The lowest BCUT2D eigenvalue weighted by molar-refractivity contribution is 0.211. The Kier molecular flexibility index (Phi) is 3.87. The van der Waals surface area contributed by atoms with E-state index in [0.29, 0.717) is 6.61 Å². The van der Waals surface area contributed by atoms with Crippen LogP contribution < -0.4 is 5.32 Å². The van der Waals surface area contributed by atoms with E-state index >= 15 is 0 Å². The Balaban J connectivity index is 2.02. The number of methoxy groups -OCH3 is 1. The van der Waals surface area contributed by atoms with Gasteiger partial charge in [-0.1, -0.05) is 0 Å². The zero-order valence-electron chi connectivity index (χ0n) is 9.19. The van der Waals surface area contributed by atoms with Gasteiger partial charge in [-0.05, 0) is 6.92 Å². The lowest BCUT2D eigenvalue weighted by atomic mass is 10.4. The second-order valence-electron chi connectivity index (χ2n) is 3.21. The van der Waals surface area contributed by atoms with E-state index < -0.39 is 0 Å². The SMILES string of the molecule is COCCNc1nc(-c2csc(C)n2)cs1. The standard InChI is InChI=1S/C10H13N3OS2/c1-7-12-8(5-15-7)9-6-16-10(13-9)11-3-4-14-2/h5-6H,3-4H2,1-2H3,(H,11,13). The van der Waals surface area contributed by atoms with Crippen molar-refractivity contribution in [3.05, 3.63) is 15.8 Å². The highest BCUT2D eigenvalue weighted by atomic mass is 32.1. The molecule has 2 aromatic heterocycles. The molecule has 0 aliphatic rings. The third-order valence-electron chi connectivity index (χ3n) is 1.97. The van der Waals surface area contributed by atoms with Crippen LogP contribution in [-0.4, -0.2) is 30.2 Å². The molecule has 0 fully saturated rings. The third-order valence-corrected chi connectivity index (χ3v) is 3.54. The normalized spacial score (nSPS) is 10.6. The van der Waals surface area contributed by atoms with Crippen LogP contribution in [0.15, 0.2) is 10.8 Å². The average Bonchev–Trinajstić information content (AvgIpc) is 2.87. The number of rotatable bonds is 5. The maximum Gasteiger partial charge on any atom is 0.183 e. The molecule has 6 heteroatoms. The van der Waals surface area contributed by atoms with Gasteiger partial charge in [-0.25, -0.2) is 9.97 Å². The number of hydrogen-bond donors (Lipinski definition) is 1. The molecule has 0 aliphatic carbocycles. The predicted octanol–water partition coefficient (Wildman–Crippen LogP) is 2.63. The van der Waals surface area contributed by atoms with E-state index in [0.717, 1.165) is 28.1 Å². The monoisotopic (exact) mass is 255 g/mol. The van der Waals surface area contributed by atoms with E-state index in [1.54, 1.807) is 29.8 Å². The van der Waals surface area contributed by atoms with Gasteiger partial charge in [-0.3, -0.25) is 0 Å². The van der Waals surface area contributed by atoms with Crippen molar-refractivity contribution in [2.75, 3.05) is 25.6 Å². The fourth-order valence-electron chi connectivity index (χ4n) is 1.21. The van der Waals surface area contributed by atoms with Crippen molar-refractivity contribution in [3.63, 3.8) is 0 Å². The summed E-state index contributed by atoms with van der Waals surface area (Å²) in [6.07, 6.45) is 0. The van der Waals surface area contributed by atoms with Gasteiger partial charge in [0.1, 0.15) is 11.4 Å². The van der Waals surface area contributed by atoms with E-state index in [9.17, 15) is 0 Å². The van der Waals surface area contributed by atoms with E-state index in [-0.39, 0.29) is 0 Å². The van der Waals surface area contributed by atoms with Crippen LogP contribution in [0.2, 0.25) is 0 Å².